The standard InChI is InChI=1S/C26H31F3N4O6S/c1-40(36,37)14-20(34)30-23-21-22(32-33(23)11-9-16-3-4-16)19-13-38-15-25(19,31-24(21)35)17-5-7-18(8-6-17)39-12-2-10-26(27,28)29/h5-8,16,19H,2-4,9-15H2,1H3,(H,30,34)(H,31,35)/t19-,25+/m0/s1. The van der Waals surface area contributed by atoms with Crippen molar-refractivity contribution < 1.29 is 40.7 Å². The number of anilines is 1. The lowest BCUT2D eigenvalue weighted by atomic mass is 9.75. The highest BCUT2D eigenvalue weighted by Crippen LogP contribution is 2.47. The third-order valence-corrected chi connectivity index (χ3v) is 8.21. The van der Waals surface area contributed by atoms with Gasteiger partial charge in [0.1, 0.15) is 22.9 Å². The van der Waals surface area contributed by atoms with E-state index in [0.29, 0.717) is 29.5 Å². The topological polar surface area (TPSA) is 129 Å². The Labute approximate surface area is 229 Å². The average molecular weight is 585 g/mol. The Kier molecular flexibility index (Phi) is 7.59. The lowest BCUT2D eigenvalue weighted by Crippen LogP contribution is -2.53. The van der Waals surface area contributed by atoms with Gasteiger partial charge in [0.15, 0.2) is 9.84 Å². The summed E-state index contributed by atoms with van der Waals surface area (Å²) in [7, 11) is -3.59. The molecule has 0 radical (unpaired) electrons. The largest absolute Gasteiger partial charge is 0.494 e. The Morgan fingerprint density at radius 2 is 2.00 bits per heavy atom. The van der Waals surface area contributed by atoms with E-state index in [1.807, 2.05) is 0 Å². The molecule has 40 heavy (non-hydrogen) atoms. The van der Waals surface area contributed by atoms with Crippen LogP contribution in [0.5, 0.6) is 5.75 Å². The Hall–Kier alpha value is -3.13. The second kappa shape index (κ2) is 10.7. The van der Waals surface area contributed by atoms with Crippen LogP contribution >= 0.6 is 0 Å². The molecule has 2 aromatic rings. The summed E-state index contributed by atoms with van der Waals surface area (Å²) >= 11 is 0. The van der Waals surface area contributed by atoms with E-state index in [2.05, 4.69) is 10.6 Å². The Balaban J connectivity index is 1.40. The summed E-state index contributed by atoms with van der Waals surface area (Å²) < 4.78 is 73.4. The molecular formula is C26H31F3N4O6S. The highest BCUT2D eigenvalue weighted by atomic mass is 32.2. The molecule has 1 saturated heterocycles. The van der Waals surface area contributed by atoms with Crippen molar-refractivity contribution in [2.75, 3.05) is 37.1 Å². The zero-order chi connectivity index (χ0) is 28.7. The fourth-order valence-corrected chi connectivity index (χ4v) is 5.85. The number of nitrogens with zero attached hydrogens (tertiary/aromatic N) is 2. The molecule has 1 aliphatic carbocycles. The first-order valence-corrected chi connectivity index (χ1v) is 15.2. The van der Waals surface area contributed by atoms with Crippen LogP contribution in [0.15, 0.2) is 24.3 Å². The Bertz CT molecular complexity index is 1390. The number of carbonyl (C=O) groups is 2. The van der Waals surface area contributed by atoms with Gasteiger partial charge in [0.2, 0.25) is 5.91 Å². The second-order valence-electron chi connectivity index (χ2n) is 10.8. The van der Waals surface area contributed by atoms with Crippen LogP contribution in [0.3, 0.4) is 0 Å². The van der Waals surface area contributed by atoms with E-state index < -0.39 is 51.5 Å². The molecule has 5 rings (SSSR count). The van der Waals surface area contributed by atoms with Crippen LogP contribution in [0.4, 0.5) is 19.0 Å². The van der Waals surface area contributed by atoms with E-state index in [4.69, 9.17) is 14.6 Å². The predicted octanol–water partition coefficient (Wildman–Crippen LogP) is 3.14. The van der Waals surface area contributed by atoms with Crippen molar-refractivity contribution in [1.29, 1.82) is 0 Å². The molecule has 2 N–H and O–H groups in total. The zero-order valence-corrected chi connectivity index (χ0v) is 22.7. The molecule has 2 atom stereocenters. The molecule has 3 aliphatic rings. The predicted molar refractivity (Wildman–Crippen MR) is 138 cm³/mol. The average Bonchev–Trinajstić information content (AvgIpc) is 3.47. The molecule has 1 aromatic carbocycles. The van der Waals surface area contributed by atoms with Gasteiger partial charge in [0, 0.05) is 19.2 Å². The number of aromatic nitrogens is 2. The number of aryl methyl sites for hydroxylation is 1. The Morgan fingerprint density at radius 3 is 2.65 bits per heavy atom. The third kappa shape index (κ3) is 6.27. The third-order valence-electron chi connectivity index (χ3n) is 7.42. The normalized spacial score (nSPS) is 22.4. The van der Waals surface area contributed by atoms with Crippen molar-refractivity contribution in [3.05, 3.63) is 41.1 Å². The molecule has 2 aliphatic heterocycles. The first-order chi connectivity index (χ1) is 18.8. The Morgan fingerprint density at radius 1 is 1.27 bits per heavy atom. The number of sulfone groups is 1. The van der Waals surface area contributed by atoms with Gasteiger partial charge < -0.3 is 20.1 Å². The van der Waals surface area contributed by atoms with Crippen molar-refractivity contribution >= 4 is 27.5 Å². The van der Waals surface area contributed by atoms with Gasteiger partial charge in [-0.2, -0.15) is 18.3 Å². The van der Waals surface area contributed by atoms with Gasteiger partial charge >= 0.3 is 6.18 Å². The summed E-state index contributed by atoms with van der Waals surface area (Å²) in [6, 6.07) is 6.76. The van der Waals surface area contributed by atoms with Crippen LogP contribution in [-0.4, -0.2) is 68.0 Å². The van der Waals surface area contributed by atoms with Gasteiger partial charge in [-0.15, -0.1) is 0 Å². The van der Waals surface area contributed by atoms with E-state index in [-0.39, 0.29) is 37.6 Å². The molecule has 10 nitrogen and oxygen atoms in total. The molecule has 14 heteroatoms. The van der Waals surface area contributed by atoms with Crippen LogP contribution in [-0.2, 0) is 31.5 Å². The molecule has 2 fully saturated rings. The van der Waals surface area contributed by atoms with Crippen molar-refractivity contribution in [3.8, 4) is 5.75 Å². The first kappa shape index (κ1) is 28.4. The molecule has 1 saturated carbocycles. The molecule has 1 aromatic heterocycles. The van der Waals surface area contributed by atoms with Gasteiger partial charge in [-0.1, -0.05) is 25.0 Å². The summed E-state index contributed by atoms with van der Waals surface area (Å²) in [5.41, 5.74) is 0.405. The lowest BCUT2D eigenvalue weighted by Gasteiger charge is -2.38. The van der Waals surface area contributed by atoms with Gasteiger partial charge in [-0.3, -0.25) is 9.59 Å². The lowest BCUT2D eigenvalue weighted by molar-refractivity contribution is -0.136. The monoisotopic (exact) mass is 584 g/mol. The number of fused-ring (bicyclic) bond motifs is 3. The number of ether oxygens (including phenoxy) is 2. The molecule has 3 heterocycles. The number of carbonyl (C=O) groups excluding carboxylic acids is 2. The number of benzene rings is 1. The van der Waals surface area contributed by atoms with Gasteiger partial charge in [-0.05, 0) is 36.5 Å². The van der Waals surface area contributed by atoms with Crippen molar-refractivity contribution in [1.82, 2.24) is 15.1 Å². The minimum Gasteiger partial charge on any atom is -0.494 e. The van der Waals surface area contributed by atoms with Crippen LogP contribution in [0.2, 0.25) is 0 Å². The number of nitrogens with one attached hydrogen (secondary N) is 2. The van der Waals surface area contributed by atoms with E-state index in [0.717, 1.165) is 25.5 Å². The fourth-order valence-electron chi connectivity index (χ4n) is 5.30. The van der Waals surface area contributed by atoms with Crippen LogP contribution < -0.4 is 15.4 Å². The van der Waals surface area contributed by atoms with Crippen LogP contribution in [0, 0.1) is 5.92 Å². The number of hydrogen-bond acceptors (Lipinski definition) is 7. The maximum atomic E-state index is 13.6. The van der Waals surface area contributed by atoms with Gasteiger partial charge in [0.25, 0.3) is 5.91 Å². The minimum atomic E-state index is -4.23. The van der Waals surface area contributed by atoms with Gasteiger partial charge in [-0.25, -0.2) is 13.1 Å². The first-order valence-electron chi connectivity index (χ1n) is 13.1. The maximum absolute atomic E-state index is 13.6. The number of halogens is 3. The van der Waals surface area contributed by atoms with Crippen LogP contribution in [0.25, 0.3) is 0 Å². The quantitative estimate of drug-likeness (QED) is 0.389. The molecular weight excluding hydrogens is 553 g/mol. The summed E-state index contributed by atoms with van der Waals surface area (Å²) in [6.45, 7) is 0.793. The number of amides is 2. The van der Waals surface area contributed by atoms with E-state index in [1.165, 1.54) is 0 Å². The smallest absolute Gasteiger partial charge is 0.389 e. The fraction of sp³-hybridized carbons (Fsp3) is 0.577. The molecule has 218 valence electrons. The summed E-state index contributed by atoms with van der Waals surface area (Å²) in [5.74, 6) is -1.22. The summed E-state index contributed by atoms with van der Waals surface area (Å²) in [4.78, 5) is 26.1. The number of rotatable bonds is 11. The molecule has 0 spiro atoms. The SMILES string of the molecule is CS(=O)(=O)CC(=O)Nc1c2c(nn1CCC1CC1)[C@@H]1COC[C@]1(c1ccc(OCCCC(F)(F)F)cc1)NC2=O. The van der Waals surface area contributed by atoms with Crippen LogP contribution in [0.1, 0.15) is 59.6 Å². The number of alkyl halides is 3. The van der Waals surface area contributed by atoms with E-state index in [1.54, 1.807) is 28.9 Å². The molecule has 0 unspecified atom stereocenters. The van der Waals surface area contributed by atoms with E-state index >= 15 is 0 Å². The van der Waals surface area contributed by atoms with E-state index in [9.17, 15) is 31.2 Å². The second-order valence-corrected chi connectivity index (χ2v) is 12.9. The maximum Gasteiger partial charge on any atom is 0.389 e. The minimum absolute atomic E-state index is 0.0814. The van der Waals surface area contributed by atoms with Gasteiger partial charge in [0.05, 0.1) is 37.0 Å². The summed E-state index contributed by atoms with van der Waals surface area (Å²) in [6.07, 6.45) is -1.32. The number of hydrogen-bond donors (Lipinski definition) is 2. The van der Waals surface area contributed by atoms with Crippen molar-refractivity contribution in [2.24, 2.45) is 5.92 Å². The van der Waals surface area contributed by atoms with Crippen molar-refractivity contribution in [2.45, 2.75) is 56.3 Å². The van der Waals surface area contributed by atoms with Crippen molar-refractivity contribution in [3.63, 3.8) is 0 Å². The molecule has 2 amide bonds. The highest BCUT2D eigenvalue weighted by molar-refractivity contribution is 7.91. The zero-order valence-electron chi connectivity index (χ0n) is 21.9. The summed E-state index contributed by atoms with van der Waals surface area (Å²) in [5, 5.41) is 10.4. The highest BCUT2D eigenvalue weighted by Gasteiger charge is 2.54. The molecule has 0 bridgehead atoms.